The SMILES string of the molecule is Cc1ccc(C)c(S(=O)(=O)N2CCCO[C@H]2CNC(=O)C(=O)NC2CC2)c1. The molecule has 2 aliphatic rings. The Morgan fingerprint density at radius 1 is 1.22 bits per heavy atom. The number of hydrogen-bond acceptors (Lipinski definition) is 5. The molecule has 27 heavy (non-hydrogen) atoms. The maximum Gasteiger partial charge on any atom is 0.309 e. The lowest BCUT2D eigenvalue weighted by molar-refractivity contribution is -0.140. The van der Waals surface area contributed by atoms with Crippen molar-refractivity contribution in [3.05, 3.63) is 29.3 Å². The molecule has 2 amide bonds. The average Bonchev–Trinajstić information content (AvgIpc) is 3.45. The molecular formula is C18H25N3O5S. The third-order valence-corrected chi connectivity index (χ3v) is 6.67. The van der Waals surface area contributed by atoms with Crippen molar-refractivity contribution in [3.8, 4) is 0 Å². The third kappa shape index (κ3) is 4.66. The van der Waals surface area contributed by atoms with Gasteiger partial charge in [-0.2, -0.15) is 4.31 Å². The van der Waals surface area contributed by atoms with Gasteiger partial charge < -0.3 is 15.4 Å². The molecule has 1 heterocycles. The Balaban J connectivity index is 1.71. The smallest absolute Gasteiger partial charge is 0.309 e. The predicted octanol–water partition coefficient (Wildman–Crippen LogP) is 0.435. The highest BCUT2D eigenvalue weighted by Gasteiger charge is 2.36. The molecule has 1 aromatic carbocycles. The molecule has 0 aromatic heterocycles. The Hall–Kier alpha value is -1.97. The van der Waals surface area contributed by atoms with Crippen LogP contribution in [0.15, 0.2) is 23.1 Å². The molecule has 0 unspecified atom stereocenters. The summed E-state index contributed by atoms with van der Waals surface area (Å²) in [5.41, 5.74) is 1.50. The molecule has 9 heteroatoms. The van der Waals surface area contributed by atoms with E-state index < -0.39 is 28.1 Å². The van der Waals surface area contributed by atoms with E-state index in [1.54, 1.807) is 19.1 Å². The van der Waals surface area contributed by atoms with Crippen LogP contribution in [0.3, 0.4) is 0 Å². The summed E-state index contributed by atoms with van der Waals surface area (Å²) in [6.07, 6.45) is 1.48. The lowest BCUT2D eigenvalue weighted by atomic mass is 10.2. The van der Waals surface area contributed by atoms with Crippen molar-refractivity contribution < 1.29 is 22.7 Å². The molecule has 1 saturated heterocycles. The average molecular weight is 395 g/mol. The number of nitrogens with one attached hydrogen (secondary N) is 2. The van der Waals surface area contributed by atoms with Gasteiger partial charge in [0.1, 0.15) is 6.23 Å². The second kappa shape index (κ2) is 7.95. The molecule has 0 spiro atoms. The van der Waals surface area contributed by atoms with Crippen molar-refractivity contribution in [2.75, 3.05) is 19.7 Å². The first kappa shape index (κ1) is 19.8. The number of carbonyl (C=O) groups is 2. The first-order chi connectivity index (χ1) is 12.8. The molecule has 1 aliphatic carbocycles. The fourth-order valence-electron chi connectivity index (χ4n) is 2.95. The van der Waals surface area contributed by atoms with Gasteiger partial charge in [0.05, 0.1) is 18.0 Å². The standard InChI is InChI=1S/C18H25N3O5S/c1-12-4-5-13(2)15(10-12)27(24,25)21-8-3-9-26-16(21)11-19-17(22)18(23)20-14-6-7-14/h4-5,10,14,16H,3,6-9,11H2,1-2H3,(H,19,22)(H,20,23)/t16-/m0/s1. The van der Waals surface area contributed by atoms with Gasteiger partial charge >= 0.3 is 11.8 Å². The number of carbonyl (C=O) groups excluding carboxylic acids is 2. The summed E-state index contributed by atoms with van der Waals surface area (Å²) < 4.78 is 33.2. The van der Waals surface area contributed by atoms with E-state index in [9.17, 15) is 18.0 Å². The molecule has 1 saturated carbocycles. The Kier molecular flexibility index (Phi) is 5.83. The second-order valence-corrected chi connectivity index (χ2v) is 8.88. The van der Waals surface area contributed by atoms with Crippen molar-refractivity contribution in [3.63, 3.8) is 0 Å². The summed E-state index contributed by atoms with van der Waals surface area (Å²) in [6.45, 7) is 4.19. The molecule has 0 bridgehead atoms. The van der Waals surface area contributed by atoms with Crippen molar-refractivity contribution in [2.45, 2.75) is 50.3 Å². The monoisotopic (exact) mass is 395 g/mol. The van der Waals surface area contributed by atoms with E-state index in [2.05, 4.69) is 10.6 Å². The van der Waals surface area contributed by atoms with Crippen LogP contribution in [0.4, 0.5) is 0 Å². The van der Waals surface area contributed by atoms with Crippen LogP contribution >= 0.6 is 0 Å². The van der Waals surface area contributed by atoms with E-state index in [0.717, 1.165) is 18.4 Å². The Labute approximate surface area is 159 Å². The quantitative estimate of drug-likeness (QED) is 0.704. The van der Waals surface area contributed by atoms with Crippen molar-refractivity contribution in [2.24, 2.45) is 0 Å². The maximum absolute atomic E-state index is 13.2. The number of sulfonamides is 1. The number of nitrogens with zero attached hydrogens (tertiary/aromatic N) is 1. The Bertz CT molecular complexity index is 835. The molecule has 148 valence electrons. The van der Waals surface area contributed by atoms with Crippen molar-refractivity contribution in [1.82, 2.24) is 14.9 Å². The second-order valence-electron chi connectivity index (χ2n) is 7.02. The fraction of sp³-hybridized carbons (Fsp3) is 0.556. The molecule has 8 nitrogen and oxygen atoms in total. The van der Waals surface area contributed by atoms with Gasteiger partial charge in [-0.25, -0.2) is 8.42 Å². The zero-order chi connectivity index (χ0) is 19.6. The van der Waals surface area contributed by atoms with Crippen molar-refractivity contribution >= 4 is 21.8 Å². The largest absolute Gasteiger partial charge is 0.360 e. The summed E-state index contributed by atoms with van der Waals surface area (Å²) in [5, 5.41) is 5.08. The minimum atomic E-state index is -3.79. The fourth-order valence-corrected chi connectivity index (χ4v) is 4.83. The summed E-state index contributed by atoms with van der Waals surface area (Å²) in [5.74, 6) is -1.47. The number of rotatable bonds is 5. The van der Waals surface area contributed by atoms with Gasteiger partial charge in [0, 0.05) is 12.6 Å². The van der Waals surface area contributed by atoms with Gasteiger partial charge in [0.25, 0.3) is 0 Å². The Morgan fingerprint density at radius 2 is 1.96 bits per heavy atom. The molecule has 2 fully saturated rings. The summed E-state index contributed by atoms with van der Waals surface area (Å²) in [4.78, 5) is 23.9. The minimum absolute atomic E-state index is 0.0790. The van der Waals surface area contributed by atoms with E-state index in [4.69, 9.17) is 4.74 Å². The minimum Gasteiger partial charge on any atom is -0.360 e. The first-order valence-electron chi connectivity index (χ1n) is 9.08. The molecular weight excluding hydrogens is 370 g/mol. The molecule has 2 N–H and O–H groups in total. The third-order valence-electron chi connectivity index (χ3n) is 4.64. The van der Waals surface area contributed by atoms with Gasteiger partial charge in [-0.15, -0.1) is 0 Å². The van der Waals surface area contributed by atoms with Crippen LogP contribution in [0.1, 0.15) is 30.4 Å². The summed E-state index contributed by atoms with van der Waals surface area (Å²) in [6, 6.07) is 5.34. The topological polar surface area (TPSA) is 105 Å². The highest BCUT2D eigenvalue weighted by atomic mass is 32.2. The molecule has 0 radical (unpaired) electrons. The number of aryl methyl sites for hydroxylation is 2. The van der Waals surface area contributed by atoms with E-state index in [1.807, 2.05) is 13.0 Å². The normalized spacial score (nSPS) is 20.9. The molecule has 3 rings (SSSR count). The van der Waals surface area contributed by atoms with E-state index >= 15 is 0 Å². The van der Waals surface area contributed by atoms with Gasteiger partial charge in [-0.1, -0.05) is 12.1 Å². The zero-order valence-corrected chi connectivity index (χ0v) is 16.3. The first-order valence-corrected chi connectivity index (χ1v) is 10.5. The van der Waals surface area contributed by atoms with Crippen LogP contribution in [0, 0.1) is 13.8 Å². The molecule has 1 atom stereocenters. The van der Waals surface area contributed by atoms with Crippen LogP contribution in [0.2, 0.25) is 0 Å². The number of hydrogen-bond donors (Lipinski definition) is 2. The van der Waals surface area contributed by atoms with Gasteiger partial charge in [-0.3, -0.25) is 9.59 Å². The van der Waals surface area contributed by atoms with Crippen LogP contribution in [0.25, 0.3) is 0 Å². The lowest BCUT2D eigenvalue weighted by Crippen LogP contribution is -2.53. The number of amides is 2. The predicted molar refractivity (Wildman–Crippen MR) is 98.3 cm³/mol. The van der Waals surface area contributed by atoms with E-state index in [1.165, 1.54) is 4.31 Å². The highest BCUT2D eigenvalue weighted by Crippen LogP contribution is 2.25. The van der Waals surface area contributed by atoms with E-state index in [0.29, 0.717) is 25.1 Å². The van der Waals surface area contributed by atoms with Crippen LogP contribution in [-0.4, -0.2) is 56.5 Å². The maximum atomic E-state index is 13.2. The van der Waals surface area contributed by atoms with Crippen molar-refractivity contribution in [1.29, 1.82) is 0 Å². The van der Waals surface area contributed by atoms with E-state index in [-0.39, 0.29) is 17.5 Å². The Morgan fingerprint density at radius 3 is 2.67 bits per heavy atom. The van der Waals surface area contributed by atoms with Gasteiger partial charge in [0.15, 0.2) is 0 Å². The molecule has 1 aromatic rings. The lowest BCUT2D eigenvalue weighted by Gasteiger charge is -2.35. The molecule has 1 aliphatic heterocycles. The van der Waals surface area contributed by atoms with Gasteiger partial charge in [-0.05, 0) is 50.3 Å². The summed E-state index contributed by atoms with van der Waals surface area (Å²) in [7, 11) is -3.79. The number of ether oxygens (including phenoxy) is 1. The zero-order valence-electron chi connectivity index (χ0n) is 15.5. The van der Waals surface area contributed by atoms with Crippen LogP contribution in [-0.2, 0) is 24.3 Å². The van der Waals surface area contributed by atoms with Gasteiger partial charge in [0.2, 0.25) is 10.0 Å². The highest BCUT2D eigenvalue weighted by molar-refractivity contribution is 7.89. The number of benzene rings is 1. The van der Waals surface area contributed by atoms with Crippen LogP contribution in [0.5, 0.6) is 0 Å². The van der Waals surface area contributed by atoms with Crippen LogP contribution < -0.4 is 10.6 Å². The summed E-state index contributed by atoms with van der Waals surface area (Å²) >= 11 is 0.